The van der Waals surface area contributed by atoms with Crippen molar-refractivity contribution in [1.29, 1.82) is 0 Å². The molecule has 0 spiro atoms. The summed E-state index contributed by atoms with van der Waals surface area (Å²) < 4.78 is 2.36. The number of aromatic nitrogens is 2. The minimum atomic E-state index is 0.338. The summed E-state index contributed by atoms with van der Waals surface area (Å²) in [6, 6.07) is 6.35. The number of rotatable bonds is 4. The molecule has 114 valence electrons. The molecule has 0 amide bonds. The van der Waals surface area contributed by atoms with Crippen LogP contribution in [0.3, 0.4) is 0 Å². The van der Waals surface area contributed by atoms with Gasteiger partial charge in [-0.05, 0) is 31.5 Å². The Hall–Kier alpha value is -1.10. The van der Waals surface area contributed by atoms with Gasteiger partial charge in [0.15, 0.2) is 0 Å². The Morgan fingerprint density at radius 1 is 1.33 bits per heavy atom. The fourth-order valence-electron chi connectivity index (χ4n) is 3.13. The lowest BCUT2D eigenvalue weighted by molar-refractivity contribution is 0.176. The molecular weight excluding hydrogens is 284 g/mol. The van der Waals surface area contributed by atoms with Gasteiger partial charge in [0.25, 0.3) is 0 Å². The summed E-state index contributed by atoms with van der Waals surface area (Å²) in [5, 5.41) is 4.16. The molecule has 1 aromatic carbocycles. The van der Waals surface area contributed by atoms with Crippen molar-refractivity contribution < 1.29 is 0 Å². The highest BCUT2D eigenvalue weighted by Crippen LogP contribution is 2.27. The molecule has 5 heteroatoms. The van der Waals surface area contributed by atoms with E-state index in [4.69, 9.17) is 16.6 Å². The third-order valence-electron chi connectivity index (χ3n) is 4.26. The number of benzene rings is 1. The fraction of sp³-hybridized carbons (Fsp3) is 0.562. The molecule has 1 aliphatic heterocycles. The van der Waals surface area contributed by atoms with Gasteiger partial charge in [0.1, 0.15) is 5.82 Å². The van der Waals surface area contributed by atoms with Crippen LogP contribution in [0.25, 0.3) is 11.0 Å². The van der Waals surface area contributed by atoms with Crippen molar-refractivity contribution in [2.24, 2.45) is 0 Å². The molecule has 1 aromatic heterocycles. The predicted octanol–water partition coefficient (Wildman–Crippen LogP) is 3.07. The zero-order valence-corrected chi connectivity index (χ0v) is 13.5. The van der Waals surface area contributed by atoms with E-state index in [0.717, 1.165) is 55.5 Å². The van der Waals surface area contributed by atoms with E-state index in [2.05, 4.69) is 34.7 Å². The highest BCUT2D eigenvalue weighted by Gasteiger charge is 2.23. The second-order valence-electron chi connectivity index (χ2n) is 5.72. The first kappa shape index (κ1) is 14.8. The summed E-state index contributed by atoms with van der Waals surface area (Å²) in [4.78, 5) is 7.39. The van der Waals surface area contributed by atoms with Crippen LogP contribution < -0.4 is 5.32 Å². The van der Waals surface area contributed by atoms with E-state index < -0.39 is 0 Å². The summed E-state index contributed by atoms with van der Waals surface area (Å²) in [5.74, 6) is 1.16. The van der Waals surface area contributed by atoms with E-state index >= 15 is 0 Å². The van der Waals surface area contributed by atoms with E-state index in [-0.39, 0.29) is 0 Å². The number of nitrogens with one attached hydrogen (secondary N) is 1. The average Bonchev–Trinajstić information content (AvgIpc) is 2.85. The van der Waals surface area contributed by atoms with Crippen molar-refractivity contribution in [2.45, 2.75) is 32.9 Å². The second kappa shape index (κ2) is 6.34. The zero-order valence-electron chi connectivity index (χ0n) is 12.8. The van der Waals surface area contributed by atoms with E-state index in [1.54, 1.807) is 0 Å². The monoisotopic (exact) mass is 306 g/mol. The van der Waals surface area contributed by atoms with Crippen molar-refractivity contribution in [1.82, 2.24) is 19.8 Å². The molecule has 0 saturated carbocycles. The molecule has 3 rings (SSSR count). The summed E-state index contributed by atoms with van der Waals surface area (Å²) >= 11 is 6.12. The third-order valence-corrected chi connectivity index (χ3v) is 4.50. The molecule has 1 fully saturated rings. The first-order valence-electron chi connectivity index (χ1n) is 7.81. The number of piperazine rings is 1. The molecule has 1 saturated heterocycles. The Balaban J connectivity index is 2.01. The van der Waals surface area contributed by atoms with Gasteiger partial charge in [-0.2, -0.15) is 0 Å². The van der Waals surface area contributed by atoms with Gasteiger partial charge in [0, 0.05) is 37.7 Å². The molecule has 0 bridgehead atoms. The van der Waals surface area contributed by atoms with E-state index in [0.29, 0.717) is 6.04 Å². The van der Waals surface area contributed by atoms with Crippen molar-refractivity contribution in [2.75, 3.05) is 26.2 Å². The zero-order chi connectivity index (χ0) is 14.8. The Morgan fingerprint density at radius 3 is 2.81 bits per heavy atom. The Kier molecular flexibility index (Phi) is 4.48. The number of imidazole rings is 1. The summed E-state index contributed by atoms with van der Waals surface area (Å²) in [6.45, 7) is 9.76. The van der Waals surface area contributed by atoms with Gasteiger partial charge in [0.2, 0.25) is 0 Å². The first-order valence-corrected chi connectivity index (χ1v) is 8.19. The molecule has 0 radical (unpaired) electrons. The highest BCUT2D eigenvalue weighted by molar-refractivity contribution is 6.31. The fourth-order valence-corrected chi connectivity index (χ4v) is 3.30. The molecule has 1 N–H and O–H groups in total. The van der Waals surface area contributed by atoms with Crippen LogP contribution in [0.15, 0.2) is 18.2 Å². The summed E-state index contributed by atoms with van der Waals surface area (Å²) in [7, 11) is 0. The molecule has 1 unspecified atom stereocenters. The second-order valence-corrected chi connectivity index (χ2v) is 6.15. The van der Waals surface area contributed by atoms with E-state index in [9.17, 15) is 0 Å². The molecular formula is C16H23ClN4. The largest absolute Gasteiger partial charge is 0.327 e. The van der Waals surface area contributed by atoms with Crippen LogP contribution in [0.4, 0.5) is 0 Å². The van der Waals surface area contributed by atoms with Gasteiger partial charge in [-0.25, -0.2) is 4.98 Å². The molecule has 2 heterocycles. The van der Waals surface area contributed by atoms with Gasteiger partial charge >= 0.3 is 0 Å². The maximum atomic E-state index is 6.12. The van der Waals surface area contributed by atoms with Crippen LogP contribution in [0.2, 0.25) is 5.02 Å². The maximum absolute atomic E-state index is 6.12. The number of hydrogen-bond donors (Lipinski definition) is 1. The van der Waals surface area contributed by atoms with Gasteiger partial charge < -0.3 is 9.88 Å². The van der Waals surface area contributed by atoms with Crippen LogP contribution in [0.5, 0.6) is 0 Å². The first-order chi connectivity index (χ1) is 10.2. The third kappa shape index (κ3) is 2.93. The average molecular weight is 307 g/mol. The highest BCUT2D eigenvalue weighted by atomic mass is 35.5. The molecule has 1 aliphatic rings. The Bertz CT molecular complexity index is 616. The lowest BCUT2D eigenvalue weighted by Crippen LogP contribution is -2.45. The standard InChI is InChI=1S/C16H23ClN4/c1-3-8-21-15-5-4-13(17)11-14(15)19-16(21)12(2)20-9-6-18-7-10-20/h4-5,11-12,18H,3,6-10H2,1-2H3. The van der Waals surface area contributed by atoms with Gasteiger partial charge in [-0.15, -0.1) is 0 Å². The van der Waals surface area contributed by atoms with Crippen LogP contribution in [-0.2, 0) is 6.54 Å². The number of aryl methyl sites for hydroxylation is 1. The molecule has 21 heavy (non-hydrogen) atoms. The smallest absolute Gasteiger partial charge is 0.127 e. The van der Waals surface area contributed by atoms with Crippen LogP contribution >= 0.6 is 11.6 Å². The van der Waals surface area contributed by atoms with Crippen LogP contribution in [0, 0.1) is 0 Å². The number of nitrogens with zero attached hydrogens (tertiary/aromatic N) is 3. The number of halogens is 1. The summed E-state index contributed by atoms with van der Waals surface area (Å²) in [6.07, 6.45) is 1.11. The lowest BCUT2D eigenvalue weighted by atomic mass is 10.2. The van der Waals surface area contributed by atoms with Crippen molar-refractivity contribution in [3.8, 4) is 0 Å². The number of hydrogen-bond acceptors (Lipinski definition) is 3. The molecule has 0 aliphatic carbocycles. The van der Waals surface area contributed by atoms with Crippen molar-refractivity contribution in [3.63, 3.8) is 0 Å². The Labute approximate surface area is 131 Å². The normalized spacial score (nSPS) is 18.2. The van der Waals surface area contributed by atoms with Gasteiger partial charge in [-0.3, -0.25) is 4.90 Å². The summed E-state index contributed by atoms with van der Waals surface area (Å²) in [5.41, 5.74) is 2.20. The van der Waals surface area contributed by atoms with Gasteiger partial charge in [0.05, 0.1) is 17.1 Å². The lowest BCUT2D eigenvalue weighted by Gasteiger charge is -2.32. The number of fused-ring (bicyclic) bond motifs is 1. The SMILES string of the molecule is CCCn1c(C(C)N2CCNCC2)nc2cc(Cl)ccc21. The van der Waals surface area contributed by atoms with Gasteiger partial charge in [-0.1, -0.05) is 18.5 Å². The molecule has 1 atom stereocenters. The topological polar surface area (TPSA) is 33.1 Å². The minimum absolute atomic E-state index is 0.338. The van der Waals surface area contributed by atoms with E-state index in [1.165, 1.54) is 5.52 Å². The van der Waals surface area contributed by atoms with E-state index in [1.807, 2.05) is 12.1 Å². The van der Waals surface area contributed by atoms with Crippen molar-refractivity contribution >= 4 is 22.6 Å². The predicted molar refractivity (Wildman–Crippen MR) is 87.9 cm³/mol. The molecule has 4 nitrogen and oxygen atoms in total. The molecule has 2 aromatic rings. The maximum Gasteiger partial charge on any atom is 0.127 e. The minimum Gasteiger partial charge on any atom is -0.327 e. The van der Waals surface area contributed by atoms with Crippen molar-refractivity contribution in [3.05, 3.63) is 29.0 Å². The Morgan fingerprint density at radius 2 is 2.10 bits per heavy atom. The van der Waals surface area contributed by atoms with Crippen LogP contribution in [0.1, 0.15) is 32.1 Å². The van der Waals surface area contributed by atoms with Crippen LogP contribution in [-0.4, -0.2) is 40.6 Å². The quantitative estimate of drug-likeness (QED) is 0.942.